The lowest BCUT2D eigenvalue weighted by molar-refractivity contribution is 0.0475. The third-order valence-electron chi connectivity index (χ3n) is 5.44. The summed E-state index contributed by atoms with van der Waals surface area (Å²) in [7, 11) is -3.57. The van der Waals surface area contributed by atoms with Gasteiger partial charge in [0.25, 0.3) is 5.91 Å². The Morgan fingerprint density at radius 2 is 1.83 bits per heavy atom. The lowest BCUT2D eigenvalue weighted by atomic mass is 10.2. The Hall–Kier alpha value is -2.58. The number of amides is 1. The Kier molecular flexibility index (Phi) is 5.97. The number of carbonyl (C=O) groups is 1. The number of hydrogen-bond donors (Lipinski definition) is 0. The molecule has 0 bridgehead atoms. The van der Waals surface area contributed by atoms with E-state index in [4.69, 9.17) is 9.47 Å². The maximum atomic E-state index is 13.1. The van der Waals surface area contributed by atoms with Gasteiger partial charge in [0.1, 0.15) is 6.61 Å². The van der Waals surface area contributed by atoms with Crippen LogP contribution in [0.1, 0.15) is 30.1 Å². The highest BCUT2D eigenvalue weighted by Gasteiger charge is 2.29. The molecule has 2 aliphatic rings. The number of rotatable bonds is 6. The maximum absolute atomic E-state index is 13.1. The standard InChI is InChI=1S/C22H26N2O5S/c1-2-23(15-18-16-28-20-10-3-4-11-21(20)29-18)22(25)17-8-7-9-19(14-17)30(26,27)24-12-5-6-13-24/h3-4,7-11,14,18H,2,5-6,12-13,15-16H2,1H3/t18-/m0/s1. The number of fused-ring (bicyclic) bond motifs is 1. The summed E-state index contributed by atoms with van der Waals surface area (Å²) in [5, 5.41) is 0. The van der Waals surface area contributed by atoms with Gasteiger partial charge in [-0.1, -0.05) is 18.2 Å². The molecule has 1 fully saturated rings. The molecule has 0 unspecified atom stereocenters. The van der Waals surface area contributed by atoms with Crippen LogP contribution in [0.2, 0.25) is 0 Å². The second kappa shape index (κ2) is 8.65. The van der Waals surface area contributed by atoms with E-state index >= 15 is 0 Å². The predicted octanol–water partition coefficient (Wildman–Crippen LogP) is 2.77. The first kappa shape index (κ1) is 20.7. The van der Waals surface area contributed by atoms with Gasteiger partial charge in [-0.3, -0.25) is 4.79 Å². The number of nitrogens with zero attached hydrogens (tertiary/aromatic N) is 2. The first-order valence-electron chi connectivity index (χ1n) is 10.3. The molecule has 4 rings (SSSR count). The Labute approximate surface area is 177 Å². The van der Waals surface area contributed by atoms with Gasteiger partial charge in [-0.05, 0) is 50.1 Å². The fraction of sp³-hybridized carbons (Fsp3) is 0.409. The Balaban J connectivity index is 1.49. The Morgan fingerprint density at radius 1 is 1.10 bits per heavy atom. The second-order valence-electron chi connectivity index (χ2n) is 7.48. The van der Waals surface area contributed by atoms with Crippen molar-refractivity contribution in [2.45, 2.75) is 30.8 Å². The molecule has 0 aliphatic carbocycles. The minimum atomic E-state index is -3.57. The molecule has 8 heteroatoms. The van der Waals surface area contributed by atoms with Crippen LogP contribution in [-0.2, 0) is 10.0 Å². The molecule has 2 heterocycles. The van der Waals surface area contributed by atoms with E-state index in [0.717, 1.165) is 12.8 Å². The molecule has 1 atom stereocenters. The summed E-state index contributed by atoms with van der Waals surface area (Å²) in [4.78, 5) is 14.9. The molecule has 7 nitrogen and oxygen atoms in total. The van der Waals surface area contributed by atoms with E-state index in [0.29, 0.717) is 49.8 Å². The summed E-state index contributed by atoms with van der Waals surface area (Å²) >= 11 is 0. The fourth-order valence-corrected chi connectivity index (χ4v) is 5.37. The Morgan fingerprint density at radius 3 is 2.57 bits per heavy atom. The summed E-state index contributed by atoms with van der Waals surface area (Å²) < 4.78 is 38.9. The molecule has 0 aromatic heterocycles. The minimum absolute atomic E-state index is 0.164. The number of ether oxygens (including phenoxy) is 2. The molecule has 0 radical (unpaired) electrons. The molecule has 160 valence electrons. The molecular weight excluding hydrogens is 404 g/mol. The van der Waals surface area contributed by atoms with Crippen molar-refractivity contribution in [3.63, 3.8) is 0 Å². The van der Waals surface area contributed by atoms with E-state index in [-0.39, 0.29) is 16.9 Å². The van der Waals surface area contributed by atoms with Crippen LogP contribution in [0.25, 0.3) is 0 Å². The van der Waals surface area contributed by atoms with Crippen LogP contribution in [0.4, 0.5) is 0 Å². The zero-order chi connectivity index (χ0) is 21.1. The molecule has 2 aromatic carbocycles. The SMILES string of the molecule is CCN(C[C@H]1COc2ccccc2O1)C(=O)c1cccc(S(=O)(=O)N2CCCC2)c1. The summed E-state index contributed by atoms with van der Waals surface area (Å²) in [6.45, 7) is 4.13. The number of carbonyl (C=O) groups excluding carboxylic acids is 1. The van der Waals surface area contributed by atoms with Gasteiger partial charge in [0.2, 0.25) is 10.0 Å². The Bertz CT molecular complexity index is 1020. The van der Waals surface area contributed by atoms with Gasteiger partial charge >= 0.3 is 0 Å². The van der Waals surface area contributed by atoms with Gasteiger partial charge < -0.3 is 14.4 Å². The molecule has 2 aromatic rings. The zero-order valence-corrected chi connectivity index (χ0v) is 17.8. The summed E-state index contributed by atoms with van der Waals surface area (Å²) in [6.07, 6.45) is 1.45. The van der Waals surface area contributed by atoms with Crippen molar-refractivity contribution < 1.29 is 22.7 Å². The number of para-hydroxylation sites is 2. The smallest absolute Gasteiger partial charge is 0.254 e. The van der Waals surface area contributed by atoms with Gasteiger partial charge in [0.05, 0.1) is 11.4 Å². The number of sulfonamides is 1. The van der Waals surface area contributed by atoms with E-state index in [1.807, 2.05) is 31.2 Å². The zero-order valence-electron chi connectivity index (χ0n) is 17.0. The van der Waals surface area contributed by atoms with Crippen molar-refractivity contribution in [3.8, 4) is 11.5 Å². The van der Waals surface area contributed by atoms with E-state index in [9.17, 15) is 13.2 Å². The lowest BCUT2D eigenvalue weighted by Crippen LogP contribution is -2.43. The van der Waals surface area contributed by atoms with E-state index in [2.05, 4.69) is 0 Å². The fourth-order valence-electron chi connectivity index (χ4n) is 3.80. The number of hydrogen-bond acceptors (Lipinski definition) is 5. The van der Waals surface area contributed by atoms with Crippen LogP contribution in [0.3, 0.4) is 0 Å². The highest BCUT2D eigenvalue weighted by atomic mass is 32.2. The van der Waals surface area contributed by atoms with Crippen molar-refractivity contribution in [2.24, 2.45) is 0 Å². The van der Waals surface area contributed by atoms with Crippen molar-refractivity contribution in [2.75, 3.05) is 32.8 Å². The average molecular weight is 431 g/mol. The first-order valence-corrected chi connectivity index (χ1v) is 11.7. The van der Waals surface area contributed by atoms with E-state index < -0.39 is 10.0 Å². The van der Waals surface area contributed by atoms with Gasteiger partial charge in [-0.25, -0.2) is 8.42 Å². The first-order chi connectivity index (χ1) is 14.5. The third-order valence-corrected chi connectivity index (χ3v) is 7.34. The summed E-state index contributed by atoms with van der Waals surface area (Å²) in [5.74, 6) is 1.14. The largest absolute Gasteiger partial charge is 0.486 e. The van der Waals surface area contributed by atoms with Gasteiger partial charge in [-0.2, -0.15) is 4.31 Å². The van der Waals surface area contributed by atoms with Crippen LogP contribution < -0.4 is 9.47 Å². The van der Waals surface area contributed by atoms with Gasteiger partial charge in [0, 0.05) is 25.2 Å². The topological polar surface area (TPSA) is 76.1 Å². The highest BCUT2D eigenvalue weighted by Crippen LogP contribution is 2.31. The minimum Gasteiger partial charge on any atom is -0.486 e. The van der Waals surface area contributed by atoms with Gasteiger partial charge in [0.15, 0.2) is 17.6 Å². The van der Waals surface area contributed by atoms with Crippen molar-refractivity contribution >= 4 is 15.9 Å². The van der Waals surface area contributed by atoms with Crippen LogP contribution in [0.15, 0.2) is 53.4 Å². The summed E-state index contributed by atoms with van der Waals surface area (Å²) in [6, 6.07) is 13.8. The second-order valence-corrected chi connectivity index (χ2v) is 9.42. The van der Waals surface area contributed by atoms with Crippen LogP contribution in [0, 0.1) is 0 Å². The molecule has 2 aliphatic heterocycles. The maximum Gasteiger partial charge on any atom is 0.254 e. The van der Waals surface area contributed by atoms with Crippen molar-refractivity contribution in [1.29, 1.82) is 0 Å². The predicted molar refractivity (Wildman–Crippen MR) is 112 cm³/mol. The number of benzene rings is 2. The average Bonchev–Trinajstić information content (AvgIpc) is 3.33. The monoisotopic (exact) mass is 430 g/mol. The molecular formula is C22H26N2O5S. The highest BCUT2D eigenvalue weighted by molar-refractivity contribution is 7.89. The van der Waals surface area contributed by atoms with Crippen LogP contribution >= 0.6 is 0 Å². The molecule has 1 amide bonds. The molecule has 30 heavy (non-hydrogen) atoms. The molecule has 0 spiro atoms. The lowest BCUT2D eigenvalue weighted by Gasteiger charge is -2.31. The van der Waals surface area contributed by atoms with Crippen molar-refractivity contribution in [1.82, 2.24) is 9.21 Å². The van der Waals surface area contributed by atoms with E-state index in [1.54, 1.807) is 23.1 Å². The summed E-state index contributed by atoms with van der Waals surface area (Å²) in [5.41, 5.74) is 0.356. The molecule has 0 saturated carbocycles. The van der Waals surface area contributed by atoms with Gasteiger partial charge in [-0.15, -0.1) is 0 Å². The quantitative estimate of drug-likeness (QED) is 0.704. The van der Waals surface area contributed by atoms with Crippen molar-refractivity contribution in [3.05, 3.63) is 54.1 Å². The van der Waals surface area contributed by atoms with E-state index in [1.165, 1.54) is 10.4 Å². The number of likely N-dealkylation sites (N-methyl/N-ethyl adjacent to an activating group) is 1. The van der Waals surface area contributed by atoms with Crippen LogP contribution in [-0.4, -0.2) is 62.4 Å². The molecule has 0 N–H and O–H groups in total. The van der Waals surface area contributed by atoms with Crippen LogP contribution in [0.5, 0.6) is 11.5 Å². The third kappa shape index (κ3) is 4.15. The normalized spacial score (nSPS) is 18.9. The molecule has 1 saturated heterocycles.